The first-order valence-corrected chi connectivity index (χ1v) is 14.1. The molecule has 2 N–H and O–H groups in total. The van der Waals surface area contributed by atoms with Crippen LogP contribution < -0.4 is 15.9 Å². The van der Waals surface area contributed by atoms with E-state index in [4.69, 9.17) is 15.2 Å². The van der Waals surface area contributed by atoms with Crippen LogP contribution in [-0.4, -0.2) is 52.5 Å². The van der Waals surface area contributed by atoms with Crippen LogP contribution in [0.15, 0.2) is 47.4 Å². The van der Waals surface area contributed by atoms with Gasteiger partial charge < -0.3 is 20.1 Å². The van der Waals surface area contributed by atoms with E-state index in [0.717, 1.165) is 6.20 Å². The number of aromatic nitrogens is 2. The van der Waals surface area contributed by atoms with E-state index in [-0.39, 0.29) is 35.5 Å². The summed E-state index contributed by atoms with van der Waals surface area (Å²) in [6.07, 6.45) is 2.27. The van der Waals surface area contributed by atoms with Crippen molar-refractivity contribution in [1.82, 2.24) is 14.7 Å². The van der Waals surface area contributed by atoms with Crippen molar-refractivity contribution in [2.75, 3.05) is 19.9 Å². The molecule has 1 amide bonds. The zero-order valence-corrected chi connectivity index (χ0v) is 23.8. The normalized spacial score (nSPS) is 17.3. The van der Waals surface area contributed by atoms with E-state index in [2.05, 4.69) is 5.10 Å². The molecule has 1 aromatic heterocycles. The molecule has 2 unspecified atom stereocenters. The van der Waals surface area contributed by atoms with Gasteiger partial charge in [-0.3, -0.25) is 19.1 Å². The largest absolute Gasteiger partial charge is 0.451 e. The van der Waals surface area contributed by atoms with Gasteiger partial charge in [0.05, 0.1) is 12.2 Å². The summed E-state index contributed by atoms with van der Waals surface area (Å²) in [5.74, 6) is -3.06. The van der Waals surface area contributed by atoms with Crippen LogP contribution in [0.25, 0.3) is 0 Å². The molecule has 2 aliphatic rings. The maximum Gasteiger partial charge on any atom is 0.326 e. The Balaban J connectivity index is 1.64. The second-order valence-electron chi connectivity index (χ2n) is 11.0. The van der Waals surface area contributed by atoms with Gasteiger partial charge in [0.2, 0.25) is 18.0 Å². The molecule has 0 saturated heterocycles. The topological polar surface area (TPSA) is 117 Å². The maximum atomic E-state index is 15.2. The molecule has 0 saturated carbocycles. The second-order valence-corrected chi connectivity index (χ2v) is 11.0. The first-order valence-electron chi connectivity index (χ1n) is 14.1. The van der Waals surface area contributed by atoms with E-state index < -0.39 is 42.1 Å². The average Bonchev–Trinajstić information content (AvgIpc) is 3.13. The summed E-state index contributed by atoms with van der Waals surface area (Å²) in [4.78, 5) is 40.6. The third-order valence-corrected chi connectivity index (χ3v) is 8.06. The molecule has 1 aliphatic heterocycles. The fourth-order valence-corrected chi connectivity index (χ4v) is 5.89. The Bertz CT molecular complexity index is 1520. The van der Waals surface area contributed by atoms with Gasteiger partial charge in [0.1, 0.15) is 17.7 Å². The lowest BCUT2D eigenvalue weighted by molar-refractivity contribution is -0.152. The number of ether oxygens (including phenoxy) is 2. The number of nitrogens with zero attached hydrogens (tertiary/aromatic N) is 3. The molecule has 3 aromatic rings. The summed E-state index contributed by atoms with van der Waals surface area (Å²) in [5, 5.41) is 4.36. The van der Waals surface area contributed by atoms with Gasteiger partial charge in [0.25, 0.3) is 5.91 Å². The van der Waals surface area contributed by atoms with Crippen LogP contribution in [0.1, 0.15) is 71.9 Å². The van der Waals surface area contributed by atoms with E-state index in [0.29, 0.717) is 48.1 Å². The van der Waals surface area contributed by atoms with Crippen molar-refractivity contribution in [2.45, 2.75) is 58.0 Å². The lowest BCUT2D eigenvalue weighted by atomic mass is 9.81. The van der Waals surface area contributed by atoms with Crippen molar-refractivity contribution in [3.63, 3.8) is 0 Å². The number of rotatable bonds is 8. The number of amides is 1. The summed E-state index contributed by atoms with van der Waals surface area (Å²) in [6.45, 7) is 5.37. The highest BCUT2D eigenvalue weighted by Gasteiger charge is 2.42. The summed E-state index contributed by atoms with van der Waals surface area (Å²) in [5.41, 5.74) is 7.35. The Kier molecular flexibility index (Phi) is 8.40. The Hall–Kier alpha value is -4.12. The van der Waals surface area contributed by atoms with Gasteiger partial charge in [-0.15, -0.1) is 0 Å². The van der Waals surface area contributed by atoms with Crippen molar-refractivity contribution < 1.29 is 27.8 Å². The number of carbonyl (C=O) groups is 2. The molecule has 222 valence electrons. The van der Waals surface area contributed by atoms with E-state index >= 15 is 8.78 Å². The van der Waals surface area contributed by atoms with Crippen LogP contribution in [0.4, 0.5) is 8.78 Å². The van der Waals surface area contributed by atoms with Crippen LogP contribution in [0, 0.1) is 17.6 Å². The molecule has 5 rings (SSSR count). The predicted molar refractivity (Wildman–Crippen MR) is 150 cm³/mol. The summed E-state index contributed by atoms with van der Waals surface area (Å²) < 4.78 is 42.6. The molecule has 1 aliphatic carbocycles. The predicted octanol–water partition coefficient (Wildman–Crippen LogP) is 3.72. The zero-order valence-electron chi connectivity index (χ0n) is 23.8. The molecule has 0 radical (unpaired) electrons. The molecule has 2 aromatic carbocycles. The number of hydrogen-bond acceptors (Lipinski definition) is 7. The Morgan fingerprint density at radius 3 is 2.26 bits per heavy atom. The molecule has 0 spiro atoms. The molecule has 0 bridgehead atoms. The SMILES string of the molecule is CCCN1CC(C2c3cccc(F)c3CCc3c(F)cccc32)n2ncc(=O)c(OCOC(=O)C(N)C(C)C)c2C1=O. The number of carbonyl (C=O) groups excluding carboxylic acids is 2. The van der Waals surface area contributed by atoms with Crippen LogP contribution in [0.5, 0.6) is 5.75 Å². The molecular weight excluding hydrogens is 546 g/mol. The molecule has 0 fully saturated rings. The third-order valence-electron chi connectivity index (χ3n) is 8.06. The second kappa shape index (κ2) is 12.0. The van der Waals surface area contributed by atoms with Crippen molar-refractivity contribution in [2.24, 2.45) is 11.7 Å². The van der Waals surface area contributed by atoms with Gasteiger partial charge in [0, 0.05) is 19.0 Å². The fraction of sp³-hybridized carbons (Fsp3) is 0.419. The van der Waals surface area contributed by atoms with Crippen LogP contribution >= 0.6 is 0 Å². The van der Waals surface area contributed by atoms with Crippen LogP contribution in [0.3, 0.4) is 0 Å². The van der Waals surface area contributed by atoms with Crippen molar-refractivity contribution >= 4 is 11.9 Å². The molecule has 2 atom stereocenters. The lowest BCUT2D eigenvalue weighted by Gasteiger charge is -2.40. The van der Waals surface area contributed by atoms with Crippen molar-refractivity contribution in [3.8, 4) is 5.75 Å². The standard InChI is InChI=1S/C31H34F2N4O5/c1-4-13-36-15-24(26-20-7-5-9-22(32)18(20)11-12-19-21(26)8-6-10-23(19)33)37-28(30(36)39)29(25(38)14-35-37)41-16-42-31(40)27(34)17(2)3/h5-10,14,17,24,26-27H,4,11-13,15-16,34H2,1-3H3. The molecule has 9 nitrogen and oxygen atoms in total. The van der Waals surface area contributed by atoms with Crippen molar-refractivity contribution in [3.05, 3.63) is 92.4 Å². The monoisotopic (exact) mass is 580 g/mol. The average molecular weight is 581 g/mol. The van der Waals surface area contributed by atoms with Gasteiger partial charge in [-0.2, -0.15) is 5.10 Å². The van der Waals surface area contributed by atoms with Crippen LogP contribution in [-0.2, 0) is 22.4 Å². The van der Waals surface area contributed by atoms with E-state index in [1.807, 2.05) is 19.1 Å². The first-order chi connectivity index (χ1) is 20.1. The van der Waals surface area contributed by atoms with E-state index in [1.165, 1.54) is 16.8 Å². The highest BCUT2D eigenvalue weighted by Crippen LogP contribution is 2.44. The minimum Gasteiger partial charge on any atom is -0.451 e. The minimum absolute atomic E-state index is 0.114. The highest BCUT2D eigenvalue weighted by molar-refractivity contribution is 5.96. The highest BCUT2D eigenvalue weighted by atomic mass is 19.1. The molecular formula is C31H34F2N4O5. The lowest BCUT2D eigenvalue weighted by Crippen LogP contribution is -2.47. The maximum absolute atomic E-state index is 15.2. The van der Waals surface area contributed by atoms with Gasteiger partial charge in [0.15, 0.2) is 5.69 Å². The number of nitrogens with two attached hydrogens (primary N) is 1. The Labute approximate surface area is 242 Å². The van der Waals surface area contributed by atoms with Gasteiger partial charge in [-0.25, -0.2) is 8.78 Å². The Morgan fingerprint density at radius 2 is 1.69 bits per heavy atom. The number of esters is 1. The van der Waals surface area contributed by atoms with Gasteiger partial charge in [-0.05, 0) is 59.6 Å². The molecule has 42 heavy (non-hydrogen) atoms. The summed E-state index contributed by atoms with van der Waals surface area (Å²) in [6, 6.07) is 8.13. The Morgan fingerprint density at radius 1 is 1.07 bits per heavy atom. The summed E-state index contributed by atoms with van der Waals surface area (Å²) in [7, 11) is 0. The zero-order chi connectivity index (χ0) is 30.1. The number of halogens is 2. The van der Waals surface area contributed by atoms with Crippen LogP contribution in [0.2, 0.25) is 0 Å². The number of fused-ring (bicyclic) bond motifs is 3. The van der Waals surface area contributed by atoms with E-state index in [1.54, 1.807) is 30.9 Å². The third kappa shape index (κ3) is 5.29. The molecule has 2 heterocycles. The van der Waals surface area contributed by atoms with Gasteiger partial charge in [-0.1, -0.05) is 45.0 Å². The minimum atomic E-state index is -0.886. The fourth-order valence-electron chi connectivity index (χ4n) is 5.89. The molecule has 11 heteroatoms. The smallest absolute Gasteiger partial charge is 0.326 e. The van der Waals surface area contributed by atoms with Gasteiger partial charge >= 0.3 is 5.97 Å². The number of hydrogen-bond donors (Lipinski definition) is 1. The van der Waals surface area contributed by atoms with Crippen molar-refractivity contribution in [1.29, 1.82) is 0 Å². The quantitative estimate of drug-likeness (QED) is 0.319. The van der Waals surface area contributed by atoms with E-state index in [9.17, 15) is 14.4 Å². The first kappa shape index (κ1) is 29.4. The summed E-state index contributed by atoms with van der Waals surface area (Å²) >= 11 is 0. The number of benzene rings is 2.